The Morgan fingerprint density at radius 3 is 2.79 bits per heavy atom. The fourth-order valence-corrected chi connectivity index (χ4v) is 6.69. The van der Waals surface area contributed by atoms with Crippen LogP contribution in [-0.2, 0) is 23.1 Å². The van der Waals surface area contributed by atoms with Gasteiger partial charge in [-0.1, -0.05) is 25.5 Å². The predicted octanol–water partition coefficient (Wildman–Crippen LogP) is 4.14. The highest BCUT2D eigenvalue weighted by Crippen LogP contribution is 2.62. The highest BCUT2D eigenvalue weighted by Gasteiger charge is 2.52. The second kappa shape index (κ2) is 6.89. The fraction of sp³-hybridized carbons (Fsp3) is 0.591. The molecule has 150 valence electrons. The lowest BCUT2D eigenvalue weighted by Gasteiger charge is -2.49. The molecule has 1 aromatic carbocycles. The van der Waals surface area contributed by atoms with Crippen molar-refractivity contribution in [3.8, 4) is 11.8 Å². The maximum Gasteiger partial charge on any atom is 0.380 e. The van der Waals surface area contributed by atoms with Crippen molar-refractivity contribution in [2.45, 2.75) is 64.7 Å². The Morgan fingerprint density at radius 2 is 2.11 bits per heavy atom. The first-order valence-corrected chi connectivity index (χ1v) is 11.7. The van der Waals surface area contributed by atoms with Crippen molar-refractivity contribution in [2.75, 3.05) is 0 Å². The largest absolute Gasteiger partial charge is 0.380 e. The summed E-state index contributed by atoms with van der Waals surface area (Å²) in [7, 11) is -4.02. The van der Waals surface area contributed by atoms with Crippen LogP contribution in [0.3, 0.4) is 0 Å². The Hall–Kier alpha value is -1.84. The molecule has 0 unspecified atom stereocenters. The van der Waals surface area contributed by atoms with Crippen molar-refractivity contribution >= 4 is 10.3 Å². The second-order valence-electron chi connectivity index (χ2n) is 8.80. The second-order valence-corrected chi connectivity index (χ2v) is 9.95. The third-order valence-electron chi connectivity index (χ3n) is 7.58. The first-order chi connectivity index (χ1) is 13.3. The molecule has 6 heteroatoms. The molecule has 4 atom stereocenters. The molecule has 0 spiro atoms. The summed E-state index contributed by atoms with van der Waals surface area (Å²) in [5, 5.41) is 14.3. The van der Waals surface area contributed by atoms with E-state index < -0.39 is 10.3 Å². The van der Waals surface area contributed by atoms with Crippen molar-refractivity contribution in [2.24, 2.45) is 22.4 Å². The van der Waals surface area contributed by atoms with Gasteiger partial charge in [0.2, 0.25) is 0 Å². The molecule has 0 aliphatic heterocycles. The molecule has 2 N–H and O–H groups in total. The summed E-state index contributed by atoms with van der Waals surface area (Å²) in [5.74, 6) is 2.15. The summed E-state index contributed by atoms with van der Waals surface area (Å²) in [6.07, 6.45) is 8.99. The lowest BCUT2D eigenvalue weighted by molar-refractivity contribution is 0.0814. The van der Waals surface area contributed by atoms with E-state index in [1.807, 2.05) is 13.0 Å². The topological polar surface area (TPSA) is 93.2 Å². The Bertz CT molecular complexity index is 976. The molecular formula is C22H28N2O3S. The van der Waals surface area contributed by atoms with Gasteiger partial charge in [-0.15, -0.1) is 0 Å². The maximum absolute atomic E-state index is 11.4. The highest BCUT2D eigenvalue weighted by atomic mass is 32.2. The normalized spacial score (nSPS) is 32.9. The lowest BCUT2D eigenvalue weighted by atomic mass is 9.55. The number of fused-ring (bicyclic) bond motifs is 5. The van der Waals surface area contributed by atoms with Gasteiger partial charge >= 0.3 is 10.3 Å². The number of nitrogens with zero attached hydrogens (tertiary/aromatic N) is 1. The summed E-state index contributed by atoms with van der Waals surface area (Å²) in [5.41, 5.74) is 4.98. The minimum Gasteiger partial charge on any atom is -0.371 e. The van der Waals surface area contributed by atoms with E-state index in [0.717, 1.165) is 37.7 Å². The third-order valence-corrected chi connectivity index (χ3v) is 7.99. The lowest BCUT2D eigenvalue weighted by Crippen LogP contribution is -2.40. The van der Waals surface area contributed by atoms with Gasteiger partial charge in [-0.05, 0) is 90.9 Å². The van der Waals surface area contributed by atoms with Crippen LogP contribution in [0.2, 0.25) is 0 Å². The predicted molar refractivity (Wildman–Crippen MR) is 108 cm³/mol. The van der Waals surface area contributed by atoms with Crippen LogP contribution in [0.4, 0.5) is 0 Å². The van der Waals surface area contributed by atoms with Crippen molar-refractivity contribution in [1.29, 1.82) is 5.26 Å². The monoisotopic (exact) mass is 400 g/mol. The van der Waals surface area contributed by atoms with E-state index in [4.69, 9.17) is 14.6 Å². The van der Waals surface area contributed by atoms with Crippen LogP contribution in [0.15, 0.2) is 23.8 Å². The molecule has 0 heterocycles. The molecule has 3 aliphatic carbocycles. The zero-order valence-corrected chi connectivity index (χ0v) is 17.4. The van der Waals surface area contributed by atoms with Gasteiger partial charge in [0.1, 0.15) is 5.75 Å². The molecule has 2 fully saturated rings. The van der Waals surface area contributed by atoms with Gasteiger partial charge < -0.3 is 4.18 Å². The van der Waals surface area contributed by atoms with Crippen LogP contribution in [0.5, 0.6) is 5.75 Å². The number of aryl methyl sites for hydroxylation is 2. The summed E-state index contributed by atoms with van der Waals surface area (Å²) in [6, 6.07) is 6.32. The molecule has 0 aromatic heterocycles. The van der Waals surface area contributed by atoms with E-state index in [0.29, 0.717) is 29.9 Å². The van der Waals surface area contributed by atoms with Gasteiger partial charge in [0, 0.05) is 6.08 Å². The van der Waals surface area contributed by atoms with Gasteiger partial charge in [0.05, 0.1) is 6.07 Å². The van der Waals surface area contributed by atoms with Crippen LogP contribution in [0.25, 0.3) is 0 Å². The summed E-state index contributed by atoms with van der Waals surface area (Å²) >= 11 is 0. The standard InChI is InChI=1S/C22H28N2O3S/c1-3-14-12-19-15(13-21(14)27-28(24,25)26)4-6-18-17(19)8-10-22(2)16(9-11-23)5-7-20(18)22/h9,12-13,17-18,20H,3-8,10H2,1-2H3,(H2,24,25,26)/b16-9+/t17-,18+,20-,22+/m0/s1. The fourth-order valence-electron chi connectivity index (χ4n) is 6.29. The Labute approximate surface area is 167 Å². The number of allylic oxidation sites excluding steroid dienone is 2. The molecular weight excluding hydrogens is 372 g/mol. The van der Waals surface area contributed by atoms with Gasteiger partial charge in [-0.2, -0.15) is 18.8 Å². The van der Waals surface area contributed by atoms with E-state index in [1.54, 1.807) is 6.08 Å². The summed E-state index contributed by atoms with van der Waals surface area (Å²) < 4.78 is 27.9. The van der Waals surface area contributed by atoms with Gasteiger partial charge in [0.15, 0.2) is 0 Å². The van der Waals surface area contributed by atoms with Crippen LogP contribution in [-0.4, -0.2) is 8.42 Å². The average molecular weight is 401 g/mol. The molecule has 0 amide bonds. The number of nitriles is 1. The first-order valence-electron chi connectivity index (χ1n) is 10.2. The molecule has 5 nitrogen and oxygen atoms in total. The number of hydrogen-bond donors (Lipinski definition) is 1. The average Bonchev–Trinajstić information content (AvgIpc) is 2.96. The number of nitrogens with two attached hydrogens (primary N) is 1. The van der Waals surface area contributed by atoms with Gasteiger partial charge in [-0.3, -0.25) is 0 Å². The van der Waals surface area contributed by atoms with Crippen LogP contribution in [0.1, 0.15) is 68.6 Å². The van der Waals surface area contributed by atoms with Gasteiger partial charge in [-0.25, -0.2) is 0 Å². The van der Waals surface area contributed by atoms with E-state index in [2.05, 4.69) is 19.1 Å². The molecule has 0 radical (unpaired) electrons. The van der Waals surface area contributed by atoms with E-state index in [1.165, 1.54) is 23.1 Å². The van der Waals surface area contributed by atoms with E-state index in [-0.39, 0.29) is 5.41 Å². The van der Waals surface area contributed by atoms with Crippen molar-refractivity contribution in [1.82, 2.24) is 0 Å². The van der Waals surface area contributed by atoms with Crippen molar-refractivity contribution < 1.29 is 12.6 Å². The summed E-state index contributed by atoms with van der Waals surface area (Å²) in [6.45, 7) is 4.37. The smallest absolute Gasteiger partial charge is 0.371 e. The Morgan fingerprint density at radius 1 is 1.32 bits per heavy atom. The molecule has 2 saturated carbocycles. The summed E-state index contributed by atoms with van der Waals surface area (Å²) in [4.78, 5) is 0. The van der Waals surface area contributed by atoms with E-state index in [9.17, 15) is 8.42 Å². The van der Waals surface area contributed by atoms with Crippen LogP contribution >= 0.6 is 0 Å². The van der Waals surface area contributed by atoms with Gasteiger partial charge in [0.25, 0.3) is 0 Å². The van der Waals surface area contributed by atoms with Crippen LogP contribution in [0, 0.1) is 28.6 Å². The van der Waals surface area contributed by atoms with Crippen LogP contribution < -0.4 is 9.32 Å². The van der Waals surface area contributed by atoms with Crippen molar-refractivity contribution in [3.63, 3.8) is 0 Å². The molecule has 28 heavy (non-hydrogen) atoms. The number of rotatable bonds is 3. The maximum atomic E-state index is 11.4. The van der Waals surface area contributed by atoms with E-state index >= 15 is 0 Å². The first kappa shape index (κ1) is 19.5. The molecule has 0 saturated heterocycles. The SMILES string of the molecule is CCc1cc2c(cc1OS(N)(=O)=O)CC[C@@H]1[C@@H]2CC[C@]2(C)/C(=C/C#N)CC[C@@H]12. The number of benzene rings is 1. The zero-order valence-electron chi connectivity index (χ0n) is 16.6. The minimum atomic E-state index is -4.02. The zero-order chi connectivity index (χ0) is 20.1. The Kier molecular flexibility index (Phi) is 4.79. The molecule has 0 bridgehead atoms. The third kappa shape index (κ3) is 3.15. The highest BCUT2D eigenvalue weighted by molar-refractivity contribution is 7.84. The molecule has 1 aromatic rings. The Balaban J connectivity index is 1.70. The minimum absolute atomic E-state index is 0.165. The molecule has 3 aliphatic rings. The number of hydrogen-bond acceptors (Lipinski definition) is 4. The quantitative estimate of drug-likeness (QED) is 0.772. The molecule has 4 rings (SSSR count). The van der Waals surface area contributed by atoms with Crippen molar-refractivity contribution in [3.05, 3.63) is 40.5 Å².